The number of nitrogens with one attached hydrogen (secondary N) is 1. The van der Waals surface area contributed by atoms with E-state index in [4.69, 9.17) is 5.73 Å². The van der Waals surface area contributed by atoms with Gasteiger partial charge in [0.05, 0.1) is 30.8 Å². The number of nitrogen functional groups attached to an aromatic ring is 1. The van der Waals surface area contributed by atoms with E-state index in [1.807, 2.05) is 41.1 Å². The summed E-state index contributed by atoms with van der Waals surface area (Å²) in [6.45, 7) is 2.05. The molecule has 4 heterocycles. The lowest BCUT2D eigenvalue weighted by Gasteiger charge is -2.28. The smallest absolute Gasteiger partial charge is 0.224 e. The highest BCUT2D eigenvalue weighted by Gasteiger charge is 2.24. The minimum absolute atomic E-state index is 0.202. The van der Waals surface area contributed by atoms with Crippen LogP contribution in [0, 0.1) is 0 Å². The summed E-state index contributed by atoms with van der Waals surface area (Å²) in [6.07, 6.45) is 1.50. The van der Waals surface area contributed by atoms with E-state index in [9.17, 15) is 5.11 Å². The van der Waals surface area contributed by atoms with Crippen molar-refractivity contribution >= 4 is 22.9 Å². The average molecular weight is 376 g/mol. The summed E-state index contributed by atoms with van der Waals surface area (Å²) in [5.41, 5.74) is 9.97. The molecule has 0 radical (unpaired) electrons. The van der Waals surface area contributed by atoms with Crippen LogP contribution in [0.5, 0.6) is 0 Å². The molecule has 0 saturated heterocycles. The number of fused-ring (bicyclic) bond motifs is 2. The van der Waals surface area contributed by atoms with Crippen LogP contribution in [0.3, 0.4) is 0 Å². The van der Waals surface area contributed by atoms with Crippen molar-refractivity contribution in [1.29, 1.82) is 0 Å². The first-order valence-corrected chi connectivity index (χ1v) is 9.17. The van der Waals surface area contributed by atoms with Gasteiger partial charge in [0.15, 0.2) is 11.5 Å². The van der Waals surface area contributed by atoms with Crippen molar-refractivity contribution in [2.45, 2.75) is 25.6 Å². The fourth-order valence-corrected chi connectivity index (χ4v) is 3.64. The number of hydrogen-bond donors (Lipinski definition) is 3. The molecular weight excluding hydrogens is 356 g/mol. The molecular formula is C19H20N8O. The molecule has 3 aromatic heterocycles. The normalized spacial score (nSPS) is 15.0. The van der Waals surface area contributed by atoms with Crippen LogP contribution in [0.4, 0.5) is 11.8 Å². The number of aromatic nitrogens is 6. The Labute approximate surface area is 160 Å². The van der Waals surface area contributed by atoms with Crippen LogP contribution in [0.1, 0.15) is 23.1 Å². The average Bonchev–Trinajstić information content (AvgIpc) is 3.34. The molecule has 142 valence electrons. The number of aromatic amines is 1. The van der Waals surface area contributed by atoms with E-state index in [1.54, 1.807) is 6.33 Å². The van der Waals surface area contributed by atoms with E-state index in [0.29, 0.717) is 30.9 Å². The molecule has 1 atom stereocenters. The number of aliphatic hydroxyl groups is 1. The molecule has 9 nitrogen and oxygen atoms in total. The maximum atomic E-state index is 10.6. The summed E-state index contributed by atoms with van der Waals surface area (Å²) in [7, 11) is 0. The van der Waals surface area contributed by atoms with E-state index in [-0.39, 0.29) is 5.95 Å². The van der Waals surface area contributed by atoms with Crippen molar-refractivity contribution in [2.24, 2.45) is 0 Å². The van der Waals surface area contributed by atoms with Gasteiger partial charge >= 0.3 is 0 Å². The van der Waals surface area contributed by atoms with Crippen molar-refractivity contribution in [3.05, 3.63) is 59.7 Å². The Bertz CT molecular complexity index is 1120. The number of nitrogens with two attached hydrogens (primary N) is 1. The largest absolute Gasteiger partial charge is 0.386 e. The second kappa shape index (κ2) is 6.61. The lowest BCUT2D eigenvalue weighted by molar-refractivity contribution is 0.172. The van der Waals surface area contributed by atoms with Crippen LogP contribution >= 0.6 is 0 Å². The van der Waals surface area contributed by atoms with E-state index in [1.165, 1.54) is 0 Å². The molecule has 1 aliphatic heterocycles. The molecule has 1 aromatic carbocycles. The standard InChI is InChI=1S/C19H20N8O/c20-19-23-17-16(21-11-22-17)18(24-19)26-6-7-27-13(10-26)9-14(25-27)15(28)8-12-4-2-1-3-5-12/h1-5,9,11,15,28H,6-8,10H2,(H3,20,21,22,23,24)/t15-/m0/s1. The summed E-state index contributed by atoms with van der Waals surface area (Å²) < 4.78 is 1.95. The van der Waals surface area contributed by atoms with E-state index >= 15 is 0 Å². The van der Waals surface area contributed by atoms with E-state index < -0.39 is 6.10 Å². The highest BCUT2D eigenvalue weighted by atomic mass is 16.3. The van der Waals surface area contributed by atoms with Gasteiger partial charge in [-0.2, -0.15) is 15.1 Å². The summed E-state index contributed by atoms with van der Waals surface area (Å²) in [6, 6.07) is 11.9. The molecule has 0 fully saturated rings. The van der Waals surface area contributed by atoms with Gasteiger partial charge in [0.2, 0.25) is 5.95 Å². The Morgan fingerprint density at radius 2 is 2.04 bits per heavy atom. The maximum absolute atomic E-state index is 10.6. The summed E-state index contributed by atoms with van der Waals surface area (Å²) in [5, 5.41) is 15.2. The van der Waals surface area contributed by atoms with Crippen molar-refractivity contribution in [3.63, 3.8) is 0 Å². The predicted molar refractivity (Wildman–Crippen MR) is 104 cm³/mol. The Morgan fingerprint density at radius 1 is 1.18 bits per heavy atom. The number of anilines is 2. The zero-order valence-electron chi connectivity index (χ0n) is 15.2. The summed E-state index contributed by atoms with van der Waals surface area (Å²) in [4.78, 5) is 18.0. The number of nitrogens with zero attached hydrogens (tertiary/aromatic N) is 6. The predicted octanol–water partition coefficient (Wildman–Crippen LogP) is 1.43. The Morgan fingerprint density at radius 3 is 2.89 bits per heavy atom. The third-order valence-electron chi connectivity index (χ3n) is 5.01. The van der Waals surface area contributed by atoms with Gasteiger partial charge in [-0.25, -0.2) is 4.98 Å². The van der Waals surface area contributed by atoms with Gasteiger partial charge < -0.3 is 20.7 Å². The van der Waals surface area contributed by atoms with Crippen LogP contribution in [-0.2, 0) is 19.5 Å². The van der Waals surface area contributed by atoms with Crippen molar-refractivity contribution in [2.75, 3.05) is 17.2 Å². The van der Waals surface area contributed by atoms with Crippen LogP contribution < -0.4 is 10.6 Å². The molecule has 0 saturated carbocycles. The minimum Gasteiger partial charge on any atom is -0.386 e. The first-order valence-electron chi connectivity index (χ1n) is 9.17. The minimum atomic E-state index is -0.636. The van der Waals surface area contributed by atoms with Gasteiger partial charge in [0.25, 0.3) is 0 Å². The molecule has 4 aromatic rings. The van der Waals surface area contributed by atoms with Crippen LogP contribution in [-0.4, -0.2) is 41.4 Å². The lowest BCUT2D eigenvalue weighted by atomic mass is 10.1. The Kier molecular flexibility index (Phi) is 3.94. The highest BCUT2D eigenvalue weighted by molar-refractivity contribution is 5.84. The number of rotatable bonds is 4. The molecule has 0 unspecified atom stereocenters. The second-order valence-electron chi connectivity index (χ2n) is 6.92. The number of aliphatic hydroxyl groups excluding tert-OH is 1. The van der Waals surface area contributed by atoms with Gasteiger partial charge in [-0.3, -0.25) is 4.68 Å². The molecule has 4 N–H and O–H groups in total. The first-order chi connectivity index (χ1) is 13.7. The fraction of sp³-hybridized carbons (Fsp3) is 0.263. The Balaban J connectivity index is 1.40. The van der Waals surface area contributed by atoms with Crippen LogP contribution in [0.25, 0.3) is 11.2 Å². The first kappa shape index (κ1) is 16.7. The quantitative estimate of drug-likeness (QED) is 0.492. The maximum Gasteiger partial charge on any atom is 0.224 e. The zero-order valence-corrected chi connectivity index (χ0v) is 15.2. The molecule has 9 heteroatoms. The molecule has 0 bridgehead atoms. The third-order valence-corrected chi connectivity index (χ3v) is 5.01. The van der Waals surface area contributed by atoms with E-state index in [0.717, 1.165) is 29.1 Å². The zero-order chi connectivity index (χ0) is 19.1. The lowest BCUT2D eigenvalue weighted by Crippen LogP contribution is -2.34. The topological polar surface area (TPSA) is 122 Å². The summed E-state index contributed by atoms with van der Waals surface area (Å²) >= 11 is 0. The Hall–Kier alpha value is -3.46. The monoisotopic (exact) mass is 376 g/mol. The van der Waals surface area contributed by atoms with Crippen LogP contribution in [0.15, 0.2) is 42.7 Å². The molecule has 5 rings (SSSR count). The molecule has 1 aliphatic rings. The second-order valence-corrected chi connectivity index (χ2v) is 6.92. The number of H-pyrrole nitrogens is 1. The number of imidazole rings is 1. The molecule has 0 amide bonds. The third kappa shape index (κ3) is 2.95. The van der Waals surface area contributed by atoms with Crippen molar-refractivity contribution < 1.29 is 5.11 Å². The van der Waals surface area contributed by atoms with Crippen molar-refractivity contribution in [1.82, 2.24) is 29.7 Å². The van der Waals surface area contributed by atoms with Gasteiger partial charge in [0.1, 0.15) is 11.6 Å². The molecule has 28 heavy (non-hydrogen) atoms. The van der Waals surface area contributed by atoms with Crippen LogP contribution in [0.2, 0.25) is 0 Å². The van der Waals surface area contributed by atoms with E-state index in [2.05, 4.69) is 29.9 Å². The molecule has 0 aliphatic carbocycles. The fourth-order valence-electron chi connectivity index (χ4n) is 3.64. The SMILES string of the molecule is Nc1nc(N2CCn3nc([C@@H](O)Cc4ccccc4)cc3C2)c2[nH]cnc2n1. The number of benzene rings is 1. The van der Waals surface area contributed by atoms with Gasteiger partial charge in [-0.05, 0) is 11.6 Å². The van der Waals surface area contributed by atoms with Gasteiger partial charge in [-0.1, -0.05) is 30.3 Å². The number of hydrogen-bond acceptors (Lipinski definition) is 7. The molecule has 0 spiro atoms. The van der Waals surface area contributed by atoms with Gasteiger partial charge in [-0.15, -0.1) is 0 Å². The van der Waals surface area contributed by atoms with Crippen molar-refractivity contribution in [3.8, 4) is 0 Å². The van der Waals surface area contributed by atoms with Gasteiger partial charge in [0, 0.05) is 13.0 Å². The highest BCUT2D eigenvalue weighted by Crippen LogP contribution is 2.27. The summed E-state index contributed by atoms with van der Waals surface area (Å²) in [5.74, 6) is 0.937.